The van der Waals surface area contributed by atoms with Gasteiger partial charge in [0.15, 0.2) is 0 Å². The Morgan fingerprint density at radius 1 is 1.35 bits per heavy atom. The average molecular weight is 237 g/mol. The molecule has 1 heterocycles. The molecule has 0 bridgehead atoms. The fraction of sp³-hybridized carbons (Fsp3) is 0.667. The summed E-state index contributed by atoms with van der Waals surface area (Å²) in [5.74, 6) is 2.27. The van der Waals surface area contributed by atoms with Crippen molar-refractivity contribution in [2.45, 2.75) is 12.8 Å². The van der Waals surface area contributed by atoms with E-state index < -0.39 is 0 Å². The van der Waals surface area contributed by atoms with E-state index in [1.807, 2.05) is 4.90 Å². The van der Waals surface area contributed by atoms with Crippen molar-refractivity contribution in [1.29, 1.82) is 0 Å². The van der Waals surface area contributed by atoms with Gasteiger partial charge in [0.05, 0.1) is 19.6 Å². The Balaban J connectivity index is 2.24. The van der Waals surface area contributed by atoms with Crippen molar-refractivity contribution in [1.82, 2.24) is 15.1 Å². The molecule has 0 saturated carbocycles. The van der Waals surface area contributed by atoms with Crippen LogP contribution in [-0.2, 0) is 9.59 Å². The Kier molecular flexibility index (Phi) is 5.50. The third kappa shape index (κ3) is 4.87. The Morgan fingerprint density at radius 2 is 2.00 bits per heavy atom. The average Bonchev–Trinajstić information content (AvgIpc) is 2.79. The van der Waals surface area contributed by atoms with E-state index in [0.717, 1.165) is 25.9 Å². The van der Waals surface area contributed by atoms with Crippen molar-refractivity contribution in [3.8, 4) is 12.3 Å². The first kappa shape index (κ1) is 13.5. The lowest BCUT2D eigenvalue weighted by Gasteiger charge is -2.20. The van der Waals surface area contributed by atoms with Gasteiger partial charge in [-0.2, -0.15) is 0 Å². The molecule has 0 atom stereocenters. The molecule has 0 aromatic heterocycles. The van der Waals surface area contributed by atoms with Crippen LogP contribution < -0.4 is 5.32 Å². The molecule has 17 heavy (non-hydrogen) atoms. The topological polar surface area (TPSA) is 52.7 Å². The normalized spacial score (nSPS) is 14.8. The second-order valence-corrected chi connectivity index (χ2v) is 4.24. The molecule has 5 nitrogen and oxygen atoms in total. The van der Waals surface area contributed by atoms with E-state index in [1.165, 1.54) is 0 Å². The highest BCUT2D eigenvalue weighted by Crippen LogP contribution is 2.07. The van der Waals surface area contributed by atoms with Crippen LogP contribution in [-0.4, -0.2) is 61.4 Å². The Bertz CT molecular complexity index is 316. The van der Waals surface area contributed by atoms with Crippen LogP contribution in [0.1, 0.15) is 12.8 Å². The molecular formula is C12H19N3O2. The monoisotopic (exact) mass is 237 g/mol. The first-order chi connectivity index (χ1) is 8.13. The predicted octanol–water partition coefficient (Wildman–Crippen LogP) is -0.710. The highest BCUT2D eigenvalue weighted by molar-refractivity contribution is 5.81. The number of hydrogen-bond donors (Lipinski definition) is 1. The fourth-order valence-corrected chi connectivity index (χ4v) is 1.80. The first-order valence-electron chi connectivity index (χ1n) is 5.80. The van der Waals surface area contributed by atoms with Gasteiger partial charge in [0.25, 0.3) is 0 Å². The smallest absolute Gasteiger partial charge is 0.236 e. The summed E-state index contributed by atoms with van der Waals surface area (Å²) in [4.78, 5) is 26.7. The minimum absolute atomic E-state index is 0.0924. The van der Waals surface area contributed by atoms with Gasteiger partial charge < -0.3 is 10.2 Å². The molecule has 1 rings (SSSR count). The Morgan fingerprint density at radius 3 is 2.59 bits per heavy atom. The SMILES string of the molecule is C#CCNC(=O)CN(C)CC(=O)N1CCCC1. The minimum Gasteiger partial charge on any atom is -0.344 e. The quantitative estimate of drug-likeness (QED) is 0.643. The van der Waals surface area contributed by atoms with Crippen molar-refractivity contribution in [2.75, 3.05) is 39.8 Å². The van der Waals surface area contributed by atoms with Gasteiger partial charge in [0.1, 0.15) is 0 Å². The molecule has 1 aliphatic rings. The van der Waals surface area contributed by atoms with Gasteiger partial charge in [-0.1, -0.05) is 5.92 Å². The van der Waals surface area contributed by atoms with Crippen LogP contribution in [0.2, 0.25) is 0 Å². The van der Waals surface area contributed by atoms with Crippen LogP contribution in [0.3, 0.4) is 0 Å². The number of likely N-dealkylation sites (tertiary alicyclic amines) is 1. The zero-order valence-corrected chi connectivity index (χ0v) is 10.2. The molecule has 0 spiro atoms. The zero-order chi connectivity index (χ0) is 12.7. The van der Waals surface area contributed by atoms with Crippen LogP contribution >= 0.6 is 0 Å². The van der Waals surface area contributed by atoms with Gasteiger partial charge in [0, 0.05) is 13.1 Å². The number of rotatable bonds is 5. The van der Waals surface area contributed by atoms with E-state index in [4.69, 9.17) is 6.42 Å². The number of amides is 2. The van der Waals surface area contributed by atoms with Crippen molar-refractivity contribution in [3.63, 3.8) is 0 Å². The highest BCUT2D eigenvalue weighted by atomic mass is 16.2. The molecule has 0 radical (unpaired) electrons. The van der Waals surface area contributed by atoms with Crippen LogP contribution in [0.15, 0.2) is 0 Å². The zero-order valence-electron chi connectivity index (χ0n) is 10.2. The van der Waals surface area contributed by atoms with Gasteiger partial charge in [0.2, 0.25) is 11.8 Å². The standard InChI is InChI=1S/C12H19N3O2/c1-3-6-13-11(16)9-14(2)10-12(17)15-7-4-5-8-15/h1H,4-10H2,2H3,(H,13,16). The lowest BCUT2D eigenvalue weighted by atomic mass is 10.4. The number of nitrogens with zero attached hydrogens (tertiary/aromatic N) is 2. The summed E-state index contributed by atoms with van der Waals surface area (Å²) in [6.07, 6.45) is 7.19. The van der Waals surface area contributed by atoms with Crippen LogP contribution in [0.5, 0.6) is 0 Å². The van der Waals surface area contributed by atoms with Crippen LogP contribution in [0, 0.1) is 12.3 Å². The molecule has 5 heteroatoms. The van der Waals surface area contributed by atoms with E-state index in [2.05, 4.69) is 11.2 Å². The molecule has 1 N–H and O–H groups in total. The molecule has 0 aromatic carbocycles. The van der Waals surface area contributed by atoms with Gasteiger partial charge in [-0.15, -0.1) is 6.42 Å². The van der Waals surface area contributed by atoms with Crippen molar-refractivity contribution >= 4 is 11.8 Å². The van der Waals surface area contributed by atoms with Gasteiger partial charge in [-0.05, 0) is 19.9 Å². The van der Waals surface area contributed by atoms with Gasteiger partial charge in [-0.25, -0.2) is 0 Å². The number of carbonyl (C=O) groups is 2. The number of likely N-dealkylation sites (N-methyl/N-ethyl adjacent to an activating group) is 1. The molecule has 0 unspecified atom stereocenters. The molecule has 1 aliphatic heterocycles. The lowest BCUT2D eigenvalue weighted by Crippen LogP contribution is -2.41. The summed E-state index contributed by atoms with van der Waals surface area (Å²) in [6.45, 7) is 2.39. The third-order valence-corrected chi connectivity index (χ3v) is 2.67. The maximum Gasteiger partial charge on any atom is 0.236 e. The molecule has 1 saturated heterocycles. The summed E-state index contributed by atoms with van der Waals surface area (Å²) in [5, 5.41) is 2.56. The molecule has 0 aromatic rings. The van der Waals surface area contributed by atoms with E-state index in [-0.39, 0.29) is 31.4 Å². The fourth-order valence-electron chi connectivity index (χ4n) is 1.80. The Labute approximate surface area is 102 Å². The molecule has 0 aliphatic carbocycles. The summed E-state index contributed by atoms with van der Waals surface area (Å²) in [5.41, 5.74) is 0. The minimum atomic E-state index is -0.153. The molecular weight excluding hydrogens is 218 g/mol. The second kappa shape index (κ2) is 6.92. The highest BCUT2D eigenvalue weighted by Gasteiger charge is 2.19. The maximum atomic E-state index is 11.8. The number of nitrogens with one attached hydrogen (secondary N) is 1. The van der Waals surface area contributed by atoms with Gasteiger partial charge >= 0.3 is 0 Å². The van der Waals surface area contributed by atoms with Crippen molar-refractivity contribution in [3.05, 3.63) is 0 Å². The van der Waals surface area contributed by atoms with Crippen molar-refractivity contribution in [2.24, 2.45) is 0 Å². The molecule has 1 fully saturated rings. The van der Waals surface area contributed by atoms with Crippen LogP contribution in [0.25, 0.3) is 0 Å². The van der Waals surface area contributed by atoms with Gasteiger partial charge in [-0.3, -0.25) is 14.5 Å². The van der Waals surface area contributed by atoms with E-state index in [1.54, 1.807) is 11.9 Å². The van der Waals surface area contributed by atoms with E-state index >= 15 is 0 Å². The summed E-state index contributed by atoms with van der Waals surface area (Å²) in [6, 6.07) is 0. The molecule has 94 valence electrons. The van der Waals surface area contributed by atoms with Crippen LogP contribution in [0.4, 0.5) is 0 Å². The van der Waals surface area contributed by atoms with Crippen molar-refractivity contribution < 1.29 is 9.59 Å². The maximum absolute atomic E-state index is 11.8. The second-order valence-electron chi connectivity index (χ2n) is 4.24. The first-order valence-corrected chi connectivity index (χ1v) is 5.80. The van der Waals surface area contributed by atoms with E-state index in [9.17, 15) is 9.59 Å². The number of hydrogen-bond acceptors (Lipinski definition) is 3. The predicted molar refractivity (Wildman–Crippen MR) is 65.2 cm³/mol. The summed E-state index contributed by atoms with van der Waals surface area (Å²) < 4.78 is 0. The third-order valence-electron chi connectivity index (χ3n) is 2.67. The largest absolute Gasteiger partial charge is 0.344 e. The number of carbonyl (C=O) groups excluding carboxylic acids is 2. The van der Waals surface area contributed by atoms with E-state index in [0.29, 0.717) is 0 Å². The lowest BCUT2D eigenvalue weighted by molar-refractivity contribution is -0.131. The summed E-state index contributed by atoms with van der Waals surface area (Å²) >= 11 is 0. The summed E-state index contributed by atoms with van der Waals surface area (Å²) in [7, 11) is 1.75. The number of terminal acetylenes is 1. The molecule has 2 amide bonds. The Hall–Kier alpha value is -1.54.